The van der Waals surface area contributed by atoms with Crippen molar-refractivity contribution in [2.75, 3.05) is 14.2 Å². The summed E-state index contributed by atoms with van der Waals surface area (Å²) in [7, 11) is 2.46. The number of hydrogen-bond donors (Lipinski definition) is 2. The summed E-state index contributed by atoms with van der Waals surface area (Å²) in [6.45, 7) is 0. The Kier molecular flexibility index (Phi) is 3.68. The first-order valence-corrected chi connectivity index (χ1v) is 4.34. The van der Waals surface area contributed by atoms with Crippen LogP contribution in [0.5, 0.6) is 11.5 Å². The van der Waals surface area contributed by atoms with E-state index in [1.807, 2.05) is 0 Å². The topological polar surface area (TPSA) is 76.0 Å². The molecule has 0 amide bonds. The zero-order valence-corrected chi connectivity index (χ0v) is 8.73. The molecule has 0 aliphatic heterocycles. The van der Waals surface area contributed by atoms with Gasteiger partial charge in [0.1, 0.15) is 5.75 Å². The van der Waals surface area contributed by atoms with Gasteiger partial charge in [-0.2, -0.15) is 0 Å². The van der Waals surface area contributed by atoms with Crippen molar-refractivity contribution in [3.05, 3.63) is 23.5 Å². The lowest BCUT2D eigenvalue weighted by Gasteiger charge is -2.15. The minimum atomic E-state index is -1.90. The van der Waals surface area contributed by atoms with Crippen molar-refractivity contribution in [1.29, 1.82) is 0 Å². The molecule has 0 spiro atoms. The van der Waals surface area contributed by atoms with Crippen molar-refractivity contribution in [2.24, 2.45) is 0 Å². The molecule has 2 N–H and O–H groups in total. The molecule has 0 bridgehead atoms. The van der Waals surface area contributed by atoms with E-state index in [2.05, 4.69) is 0 Å². The summed E-state index contributed by atoms with van der Waals surface area (Å²) in [5.41, 5.74) is -0.238. The third kappa shape index (κ3) is 2.06. The van der Waals surface area contributed by atoms with Crippen LogP contribution in [0.2, 0.25) is 0 Å². The molecule has 0 heterocycles. The fourth-order valence-electron chi connectivity index (χ4n) is 1.32. The summed E-state index contributed by atoms with van der Waals surface area (Å²) >= 11 is 0. The number of hydrogen-bond acceptors (Lipinski definition) is 4. The lowest BCUT2D eigenvalue weighted by Crippen LogP contribution is -2.13. The van der Waals surface area contributed by atoms with Crippen molar-refractivity contribution in [1.82, 2.24) is 0 Å². The lowest BCUT2D eigenvalue weighted by atomic mass is 10.1. The molecule has 0 aliphatic carbocycles. The Morgan fingerprint density at radius 3 is 2.44 bits per heavy atom. The Labute approximate surface area is 91.0 Å². The van der Waals surface area contributed by atoms with Gasteiger partial charge in [-0.1, -0.05) is 0 Å². The van der Waals surface area contributed by atoms with Gasteiger partial charge in [-0.3, -0.25) is 0 Å². The molecule has 0 fully saturated rings. The zero-order valence-electron chi connectivity index (χ0n) is 8.73. The van der Waals surface area contributed by atoms with Gasteiger partial charge in [-0.05, 0) is 12.1 Å². The van der Waals surface area contributed by atoms with E-state index >= 15 is 0 Å². The SMILES string of the molecule is COc1ccc(F)c(OC)c1C(O)C(=O)O. The van der Waals surface area contributed by atoms with Gasteiger partial charge in [0.15, 0.2) is 17.7 Å². The molecule has 6 heteroatoms. The Hall–Kier alpha value is -1.82. The molecule has 5 nitrogen and oxygen atoms in total. The van der Waals surface area contributed by atoms with Crippen molar-refractivity contribution in [3.8, 4) is 11.5 Å². The van der Waals surface area contributed by atoms with E-state index in [-0.39, 0.29) is 17.1 Å². The van der Waals surface area contributed by atoms with Gasteiger partial charge in [0.25, 0.3) is 0 Å². The highest BCUT2D eigenvalue weighted by Gasteiger charge is 2.27. The van der Waals surface area contributed by atoms with E-state index in [1.54, 1.807) is 0 Å². The second-order valence-corrected chi connectivity index (χ2v) is 2.94. The molecule has 0 saturated carbocycles. The van der Waals surface area contributed by atoms with Gasteiger partial charge in [-0.25, -0.2) is 9.18 Å². The zero-order chi connectivity index (χ0) is 12.3. The summed E-state index contributed by atoms with van der Waals surface area (Å²) in [5, 5.41) is 18.1. The summed E-state index contributed by atoms with van der Waals surface area (Å²) in [5.74, 6) is -2.57. The number of carboxylic acid groups (broad SMARTS) is 1. The molecule has 1 unspecified atom stereocenters. The van der Waals surface area contributed by atoms with Gasteiger partial charge in [-0.15, -0.1) is 0 Å². The van der Waals surface area contributed by atoms with Gasteiger partial charge in [0, 0.05) is 0 Å². The number of benzene rings is 1. The number of rotatable bonds is 4. The maximum absolute atomic E-state index is 13.3. The number of aliphatic carboxylic acids is 1. The molecule has 0 aromatic heterocycles. The average Bonchev–Trinajstić information content (AvgIpc) is 2.27. The number of aliphatic hydroxyl groups is 1. The van der Waals surface area contributed by atoms with Crippen LogP contribution >= 0.6 is 0 Å². The highest BCUT2D eigenvalue weighted by Crippen LogP contribution is 2.36. The number of halogens is 1. The van der Waals surface area contributed by atoms with Crippen LogP contribution in [-0.2, 0) is 4.79 Å². The van der Waals surface area contributed by atoms with Crippen molar-refractivity contribution in [3.63, 3.8) is 0 Å². The Balaban J connectivity index is 3.41. The summed E-state index contributed by atoms with van der Waals surface area (Å²) in [6, 6.07) is 2.29. The number of ether oxygens (including phenoxy) is 2. The third-order valence-electron chi connectivity index (χ3n) is 2.04. The number of methoxy groups -OCH3 is 2. The summed E-state index contributed by atoms with van der Waals surface area (Å²) in [6.07, 6.45) is -1.90. The second-order valence-electron chi connectivity index (χ2n) is 2.94. The van der Waals surface area contributed by atoms with Crippen LogP contribution < -0.4 is 9.47 Å². The second kappa shape index (κ2) is 4.80. The molecule has 0 aliphatic rings. The van der Waals surface area contributed by atoms with Gasteiger partial charge < -0.3 is 19.7 Å². The predicted octanol–water partition coefficient (Wildman–Crippen LogP) is 0.961. The van der Waals surface area contributed by atoms with Crippen molar-refractivity contribution < 1.29 is 28.9 Å². The molecule has 0 saturated heterocycles. The highest BCUT2D eigenvalue weighted by molar-refractivity contribution is 5.76. The van der Waals surface area contributed by atoms with E-state index in [0.717, 1.165) is 6.07 Å². The average molecular weight is 230 g/mol. The minimum absolute atomic E-state index is 0.0492. The number of aliphatic hydroxyl groups excluding tert-OH is 1. The van der Waals surface area contributed by atoms with Crippen LogP contribution in [0.3, 0.4) is 0 Å². The standard InChI is InChI=1S/C10H11FO5/c1-15-6-4-3-5(11)9(16-2)7(6)8(12)10(13)14/h3-4,8,12H,1-2H3,(H,13,14). The fourth-order valence-corrected chi connectivity index (χ4v) is 1.32. The van der Waals surface area contributed by atoms with Crippen molar-refractivity contribution in [2.45, 2.75) is 6.10 Å². The van der Waals surface area contributed by atoms with Crippen molar-refractivity contribution >= 4 is 5.97 Å². The van der Waals surface area contributed by atoms with Gasteiger partial charge >= 0.3 is 5.97 Å². The third-order valence-corrected chi connectivity index (χ3v) is 2.04. The molecule has 1 atom stereocenters. The van der Waals surface area contributed by atoms with Crippen LogP contribution in [0, 0.1) is 5.82 Å². The molecule has 0 radical (unpaired) electrons. The Morgan fingerprint density at radius 1 is 1.38 bits per heavy atom. The van der Waals surface area contributed by atoms with Crippen LogP contribution in [0.1, 0.15) is 11.7 Å². The van der Waals surface area contributed by atoms with Crippen LogP contribution in [-0.4, -0.2) is 30.4 Å². The predicted molar refractivity (Wildman–Crippen MR) is 52.1 cm³/mol. The largest absolute Gasteiger partial charge is 0.496 e. The first-order chi connectivity index (χ1) is 7.52. The molecule has 1 rings (SSSR count). The van der Waals surface area contributed by atoms with E-state index in [0.29, 0.717) is 0 Å². The maximum atomic E-state index is 13.3. The lowest BCUT2D eigenvalue weighted by molar-refractivity contribution is -0.147. The number of carbonyl (C=O) groups is 1. The van der Waals surface area contributed by atoms with Crippen LogP contribution in [0.4, 0.5) is 4.39 Å². The molecular weight excluding hydrogens is 219 g/mol. The Morgan fingerprint density at radius 2 is 2.00 bits per heavy atom. The molecule has 16 heavy (non-hydrogen) atoms. The minimum Gasteiger partial charge on any atom is -0.496 e. The highest BCUT2D eigenvalue weighted by atomic mass is 19.1. The normalized spacial score (nSPS) is 12.0. The quantitative estimate of drug-likeness (QED) is 0.805. The maximum Gasteiger partial charge on any atom is 0.337 e. The summed E-state index contributed by atoms with van der Waals surface area (Å²) in [4.78, 5) is 10.7. The van der Waals surface area contributed by atoms with Gasteiger partial charge in [0.05, 0.1) is 19.8 Å². The first kappa shape index (κ1) is 12.3. The van der Waals surface area contributed by atoms with Gasteiger partial charge in [0.2, 0.25) is 0 Å². The van der Waals surface area contributed by atoms with E-state index < -0.39 is 17.9 Å². The molecule has 88 valence electrons. The summed E-state index contributed by atoms with van der Waals surface area (Å²) < 4.78 is 22.9. The monoisotopic (exact) mass is 230 g/mol. The van der Waals surface area contributed by atoms with Crippen LogP contribution in [0.15, 0.2) is 12.1 Å². The molecular formula is C10H11FO5. The first-order valence-electron chi connectivity index (χ1n) is 4.34. The van der Waals surface area contributed by atoms with E-state index in [9.17, 15) is 14.3 Å². The van der Waals surface area contributed by atoms with Crippen LogP contribution in [0.25, 0.3) is 0 Å². The van der Waals surface area contributed by atoms with E-state index in [4.69, 9.17) is 14.6 Å². The smallest absolute Gasteiger partial charge is 0.337 e. The molecule has 1 aromatic carbocycles. The number of carboxylic acids is 1. The fraction of sp³-hybridized carbons (Fsp3) is 0.300. The molecule has 1 aromatic rings. The Bertz CT molecular complexity index is 404. The van der Waals surface area contributed by atoms with E-state index in [1.165, 1.54) is 20.3 Å².